The number of benzene rings is 2. The van der Waals surface area contributed by atoms with Crippen molar-refractivity contribution >= 4 is 50.8 Å². The number of para-hydroxylation sites is 1. The van der Waals surface area contributed by atoms with Gasteiger partial charge in [-0.2, -0.15) is 5.10 Å². The van der Waals surface area contributed by atoms with Gasteiger partial charge >= 0.3 is 5.97 Å². The number of amides is 2. The molecule has 1 aliphatic rings. The van der Waals surface area contributed by atoms with Crippen LogP contribution in [-0.2, 0) is 14.3 Å². The lowest BCUT2D eigenvalue weighted by molar-refractivity contribution is -0.122. The van der Waals surface area contributed by atoms with Gasteiger partial charge in [-0.15, -0.1) is 11.3 Å². The Balaban J connectivity index is 1.39. The highest BCUT2D eigenvalue weighted by Gasteiger charge is 2.36. The molecule has 3 heterocycles. The summed E-state index contributed by atoms with van der Waals surface area (Å²) in [7, 11) is 0. The summed E-state index contributed by atoms with van der Waals surface area (Å²) in [6.07, 6.45) is 1.44. The Labute approximate surface area is 205 Å². The average Bonchev–Trinajstić information content (AvgIpc) is 3.55. The van der Waals surface area contributed by atoms with Crippen LogP contribution in [0.25, 0.3) is 15.9 Å². The molecule has 0 saturated carbocycles. The molecule has 2 aromatic heterocycles. The van der Waals surface area contributed by atoms with Crippen LogP contribution in [0.4, 0.5) is 11.5 Å². The summed E-state index contributed by atoms with van der Waals surface area (Å²) in [6.45, 7) is 4.07. The zero-order valence-electron chi connectivity index (χ0n) is 19.2. The molecule has 1 aliphatic heterocycles. The van der Waals surface area contributed by atoms with E-state index in [0.717, 1.165) is 15.2 Å². The molecule has 0 spiro atoms. The third-order valence-corrected chi connectivity index (χ3v) is 6.74. The number of hydrogen-bond acceptors (Lipinski definition) is 7. The van der Waals surface area contributed by atoms with Crippen molar-refractivity contribution in [3.8, 4) is 5.69 Å². The summed E-state index contributed by atoms with van der Waals surface area (Å²) in [4.78, 5) is 44.7. The largest absolute Gasteiger partial charge is 0.462 e. The lowest BCUT2D eigenvalue weighted by atomic mass is 10.1. The Morgan fingerprint density at radius 3 is 2.74 bits per heavy atom. The third kappa shape index (κ3) is 4.40. The molecule has 9 nitrogen and oxygen atoms in total. The molecule has 2 aromatic carbocycles. The fourth-order valence-corrected chi connectivity index (χ4v) is 4.95. The SMILES string of the molecule is CCOC(=O)c1cnn(-c2ccccc2)c1NC(=O)C1CC(=O)N(c2ccc3sc(C)nc3c2)C1. The van der Waals surface area contributed by atoms with Gasteiger partial charge in [0.05, 0.1) is 39.6 Å². The second kappa shape index (κ2) is 9.30. The molecule has 0 aliphatic carbocycles. The maximum atomic E-state index is 13.3. The zero-order valence-corrected chi connectivity index (χ0v) is 20.0. The van der Waals surface area contributed by atoms with Crippen LogP contribution in [0.1, 0.15) is 28.7 Å². The number of aromatic nitrogens is 3. The van der Waals surface area contributed by atoms with Gasteiger partial charge in [-0.05, 0) is 44.2 Å². The molecular weight excluding hydrogens is 466 g/mol. The molecule has 4 aromatic rings. The highest BCUT2D eigenvalue weighted by atomic mass is 32.1. The van der Waals surface area contributed by atoms with Gasteiger partial charge in [0.2, 0.25) is 11.8 Å². The Hall–Kier alpha value is -4.05. The number of ether oxygens (including phenoxy) is 1. The van der Waals surface area contributed by atoms with Crippen molar-refractivity contribution in [3.63, 3.8) is 0 Å². The number of anilines is 2. The van der Waals surface area contributed by atoms with Crippen LogP contribution in [0.3, 0.4) is 0 Å². The van der Waals surface area contributed by atoms with E-state index < -0.39 is 11.9 Å². The van der Waals surface area contributed by atoms with Gasteiger partial charge < -0.3 is 15.0 Å². The second-order valence-corrected chi connectivity index (χ2v) is 9.39. The van der Waals surface area contributed by atoms with Crippen LogP contribution in [0.15, 0.2) is 54.7 Å². The molecule has 0 radical (unpaired) electrons. The standard InChI is InChI=1S/C25H23N5O4S/c1-3-34-25(33)19-13-26-30(17-7-5-4-6-8-17)23(19)28-24(32)16-11-22(31)29(14-16)18-9-10-21-20(12-18)27-15(2)35-21/h4-10,12-13,16H,3,11,14H2,1-2H3,(H,28,32). The van der Waals surface area contributed by atoms with E-state index in [2.05, 4.69) is 15.4 Å². The molecule has 5 rings (SSSR count). The van der Waals surface area contributed by atoms with Crippen molar-refractivity contribution in [2.75, 3.05) is 23.4 Å². The first kappa shape index (κ1) is 22.7. The molecule has 0 bridgehead atoms. The first-order chi connectivity index (χ1) is 16.9. The fourth-order valence-electron chi connectivity index (χ4n) is 4.14. The number of nitrogens with zero attached hydrogens (tertiary/aromatic N) is 4. The minimum Gasteiger partial charge on any atom is -0.462 e. The predicted octanol–water partition coefficient (Wildman–Crippen LogP) is 3.96. The Kier molecular flexibility index (Phi) is 6.04. The first-order valence-electron chi connectivity index (χ1n) is 11.2. The van der Waals surface area contributed by atoms with Gasteiger partial charge in [0.15, 0.2) is 5.82 Å². The summed E-state index contributed by atoms with van der Waals surface area (Å²) in [5.74, 6) is -1.47. The number of thiazole rings is 1. The smallest absolute Gasteiger partial charge is 0.343 e. The third-order valence-electron chi connectivity index (χ3n) is 5.79. The normalized spacial score (nSPS) is 15.5. The minimum absolute atomic E-state index is 0.0637. The maximum Gasteiger partial charge on any atom is 0.343 e. The summed E-state index contributed by atoms with van der Waals surface area (Å²) >= 11 is 1.59. The topological polar surface area (TPSA) is 106 Å². The molecular formula is C25H23N5O4S. The summed E-state index contributed by atoms with van der Waals surface area (Å²) in [5.41, 5.74) is 2.37. The summed E-state index contributed by atoms with van der Waals surface area (Å²) in [6, 6.07) is 14.9. The average molecular weight is 490 g/mol. The Bertz CT molecular complexity index is 1430. The lowest BCUT2D eigenvalue weighted by Crippen LogP contribution is -2.29. The van der Waals surface area contributed by atoms with Gasteiger partial charge in [-0.1, -0.05) is 18.2 Å². The molecule has 35 heavy (non-hydrogen) atoms. The Morgan fingerprint density at radius 2 is 1.97 bits per heavy atom. The highest BCUT2D eigenvalue weighted by Crippen LogP contribution is 2.31. The minimum atomic E-state index is -0.593. The molecule has 10 heteroatoms. The molecule has 1 atom stereocenters. The van der Waals surface area contributed by atoms with E-state index in [4.69, 9.17) is 4.74 Å². The summed E-state index contributed by atoms with van der Waals surface area (Å²) in [5, 5.41) is 8.08. The molecule has 1 unspecified atom stereocenters. The summed E-state index contributed by atoms with van der Waals surface area (Å²) < 4.78 is 7.67. The van der Waals surface area contributed by atoms with E-state index in [-0.39, 0.29) is 42.8 Å². The van der Waals surface area contributed by atoms with Crippen LogP contribution in [0.5, 0.6) is 0 Å². The number of fused-ring (bicyclic) bond motifs is 1. The van der Waals surface area contributed by atoms with Crippen molar-refractivity contribution in [3.05, 3.63) is 65.3 Å². The predicted molar refractivity (Wildman–Crippen MR) is 133 cm³/mol. The van der Waals surface area contributed by atoms with Crippen molar-refractivity contribution in [1.29, 1.82) is 0 Å². The molecule has 1 saturated heterocycles. The first-order valence-corrected chi connectivity index (χ1v) is 12.0. The zero-order chi connectivity index (χ0) is 24.5. The molecule has 1 fully saturated rings. The van der Waals surface area contributed by atoms with Crippen LogP contribution >= 0.6 is 11.3 Å². The second-order valence-electron chi connectivity index (χ2n) is 8.15. The van der Waals surface area contributed by atoms with Crippen molar-refractivity contribution in [2.24, 2.45) is 5.92 Å². The number of aryl methyl sites for hydroxylation is 1. The quantitative estimate of drug-likeness (QED) is 0.411. The van der Waals surface area contributed by atoms with Crippen molar-refractivity contribution in [2.45, 2.75) is 20.3 Å². The Morgan fingerprint density at radius 1 is 1.17 bits per heavy atom. The van der Waals surface area contributed by atoms with Gasteiger partial charge in [0, 0.05) is 18.7 Å². The van der Waals surface area contributed by atoms with Crippen LogP contribution in [-0.4, -0.2) is 45.7 Å². The fraction of sp³-hybridized carbons (Fsp3) is 0.240. The van der Waals surface area contributed by atoms with Crippen molar-refractivity contribution < 1.29 is 19.1 Å². The van der Waals surface area contributed by atoms with Gasteiger partial charge in [0.25, 0.3) is 0 Å². The van der Waals surface area contributed by atoms with E-state index >= 15 is 0 Å². The van der Waals surface area contributed by atoms with Crippen molar-refractivity contribution in [1.82, 2.24) is 14.8 Å². The number of carbonyl (C=O) groups is 3. The number of nitrogens with one attached hydrogen (secondary N) is 1. The van der Waals surface area contributed by atoms with E-state index in [0.29, 0.717) is 11.4 Å². The molecule has 1 N–H and O–H groups in total. The van der Waals surface area contributed by atoms with Gasteiger partial charge in [-0.3, -0.25) is 9.59 Å². The number of hydrogen-bond donors (Lipinski definition) is 1. The van der Waals surface area contributed by atoms with E-state index in [1.165, 1.54) is 10.9 Å². The van der Waals surface area contributed by atoms with E-state index in [9.17, 15) is 14.4 Å². The highest BCUT2D eigenvalue weighted by molar-refractivity contribution is 7.18. The molecule has 2 amide bonds. The van der Waals surface area contributed by atoms with E-state index in [1.54, 1.807) is 23.2 Å². The van der Waals surface area contributed by atoms with Crippen LogP contribution in [0.2, 0.25) is 0 Å². The van der Waals surface area contributed by atoms with Gasteiger partial charge in [-0.25, -0.2) is 14.5 Å². The monoisotopic (exact) mass is 489 g/mol. The lowest BCUT2D eigenvalue weighted by Gasteiger charge is -2.17. The van der Waals surface area contributed by atoms with Crippen LogP contribution < -0.4 is 10.2 Å². The maximum absolute atomic E-state index is 13.3. The number of carbonyl (C=O) groups excluding carboxylic acids is 3. The number of esters is 1. The van der Waals surface area contributed by atoms with Crippen LogP contribution in [0, 0.1) is 12.8 Å². The van der Waals surface area contributed by atoms with Gasteiger partial charge in [0.1, 0.15) is 5.56 Å². The number of rotatable bonds is 6. The molecule has 178 valence electrons. The van der Waals surface area contributed by atoms with E-state index in [1.807, 2.05) is 55.5 Å².